The Bertz CT molecular complexity index is 1640. The summed E-state index contributed by atoms with van der Waals surface area (Å²) in [6, 6.07) is 13.9. The first kappa shape index (κ1) is 32.3. The average Bonchev–Trinajstić information content (AvgIpc) is 2.92. The molecule has 0 atom stereocenters. The van der Waals surface area contributed by atoms with Crippen molar-refractivity contribution in [2.45, 2.75) is 81.6 Å². The van der Waals surface area contributed by atoms with Crippen molar-refractivity contribution in [2.75, 3.05) is 0 Å². The van der Waals surface area contributed by atoms with Crippen LogP contribution in [0, 0.1) is 0 Å². The van der Waals surface area contributed by atoms with Crippen LogP contribution in [0.3, 0.4) is 0 Å². The topological polar surface area (TPSA) is 144 Å². The van der Waals surface area contributed by atoms with Gasteiger partial charge in [0.25, 0.3) is 20.2 Å². The quantitative estimate of drug-likeness (QED) is 0.167. The van der Waals surface area contributed by atoms with Crippen LogP contribution in [0.5, 0.6) is 17.2 Å². The molecule has 0 spiro atoms. The molecular weight excluding hydrogens is 568 g/mol. The van der Waals surface area contributed by atoms with Gasteiger partial charge < -0.3 is 9.47 Å². The van der Waals surface area contributed by atoms with E-state index in [9.17, 15) is 30.7 Å². The van der Waals surface area contributed by atoms with Crippen molar-refractivity contribution in [1.29, 1.82) is 0 Å². The predicted molar refractivity (Wildman–Crippen MR) is 155 cm³/mol. The van der Waals surface area contributed by atoms with Gasteiger partial charge in [0.15, 0.2) is 5.78 Å². The van der Waals surface area contributed by atoms with Crippen LogP contribution in [0.1, 0.15) is 82.3 Å². The molecule has 0 aliphatic rings. The molecule has 3 rings (SSSR count). The minimum Gasteiger partial charge on any atom is -0.488 e. The molecule has 0 unspecified atom stereocenters. The first-order valence-corrected chi connectivity index (χ1v) is 16.1. The third kappa shape index (κ3) is 7.53. The van der Waals surface area contributed by atoms with Gasteiger partial charge in [-0.25, -0.2) is 0 Å². The van der Waals surface area contributed by atoms with Gasteiger partial charge in [-0.15, -0.1) is 0 Å². The fraction of sp³-hybridized carbons (Fsp3) is 0.367. The van der Waals surface area contributed by atoms with Crippen LogP contribution in [0.15, 0.2) is 70.5 Å². The lowest BCUT2D eigenvalue weighted by molar-refractivity contribution is 0.0802. The molecule has 0 aromatic heterocycles. The monoisotopic (exact) mass is 604 g/mol. The zero-order valence-corrected chi connectivity index (χ0v) is 25.6. The lowest BCUT2D eigenvalue weighted by Gasteiger charge is -2.28. The number of ketones is 1. The molecule has 0 bridgehead atoms. The Morgan fingerprint density at radius 1 is 0.707 bits per heavy atom. The largest absolute Gasteiger partial charge is 0.488 e. The van der Waals surface area contributed by atoms with Crippen molar-refractivity contribution in [3.05, 3.63) is 77.4 Å². The highest BCUT2D eigenvalue weighted by atomic mass is 32.2. The lowest BCUT2D eigenvalue weighted by Crippen LogP contribution is -2.30. The van der Waals surface area contributed by atoms with Gasteiger partial charge in [-0.05, 0) is 85.7 Å². The zero-order valence-electron chi connectivity index (χ0n) is 24.0. The van der Waals surface area contributed by atoms with Gasteiger partial charge in [0.05, 0.1) is 4.90 Å². The van der Waals surface area contributed by atoms with Gasteiger partial charge >= 0.3 is 0 Å². The highest BCUT2D eigenvalue weighted by Crippen LogP contribution is 2.35. The van der Waals surface area contributed by atoms with Crippen LogP contribution in [-0.2, 0) is 25.7 Å². The highest BCUT2D eigenvalue weighted by molar-refractivity contribution is 7.86. The molecule has 41 heavy (non-hydrogen) atoms. The van der Waals surface area contributed by atoms with Crippen LogP contribution in [0.2, 0.25) is 0 Å². The van der Waals surface area contributed by atoms with Crippen molar-refractivity contribution in [3.8, 4) is 17.2 Å². The number of rotatable bonds is 12. The van der Waals surface area contributed by atoms with E-state index < -0.39 is 41.2 Å². The smallest absolute Gasteiger partial charge is 0.298 e. The second-order valence-electron chi connectivity index (χ2n) is 10.7. The van der Waals surface area contributed by atoms with Crippen LogP contribution in [0.25, 0.3) is 0 Å². The number of carbonyl (C=O) groups is 1. The summed E-state index contributed by atoms with van der Waals surface area (Å²) in [5, 5.41) is 0. The van der Waals surface area contributed by atoms with Crippen LogP contribution in [-0.4, -0.2) is 37.3 Å². The number of hydrogen-bond donors (Lipinski definition) is 2. The predicted octanol–water partition coefficient (Wildman–Crippen LogP) is 6.85. The van der Waals surface area contributed by atoms with Gasteiger partial charge in [0.1, 0.15) is 27.7 Å². The van der Waals surface area contributed by atoms with Crippen molar-refractivity contribution in [2.24, 2.45) is 0 Å². The molecular formula is C30H36O9S2. The van der Waals surface area contributed by atoms with Crippen molar-refractivity contribution in [1.82, 2.24) is 0 Å². The molecule has 0 saturated carbocycles. The number of benzene rings is 3. The molecule has 11 heteroatoms. The number of hydrogen-bond acceptors (Lipinski definition) is 7. The first-order valence-electron chi connectivity index (χ1n) is 13.2. The molecule has 0 aliphatic carbocycles. The van der Waals surface area contributed by atoms with E-state index in [1.165, 1.54) is 24.3 Å². The van der Waals surface area contributed by atoms with E-state index in [2.05, 4.69) is 0 Å². The van der Waals surface area contributed by atoms with Gasteiger partial charge in [-0.1, -0.05) is 46.8 Å². The number of carbonyl (C=O) groups excluding carboxylic acids is 1. The summed E-state index contributed by atoms with van der Waals surface area (Å²) in [6.07, 6.45) is 2.18. The van der Waals surface area contributed by atoms with Gasteiger partial charge in [0, 0.05) is 11.1 Å². The molecule has 0 fully saturated rings. The molecule has 3 aromatic rings. The molecule has 3 aromatic carbocycles. The van der Waals surface area contributed by atoms with Gasteiger partial charge in [0.2, 0.25) is 0 Å². The van der Waals surface area contributed by atoms with E-state index >= 15 is 0 Å². The first-order chi connectivity index (χ1) is 18.9. The molecule has 9 nitrogen and oxygen atoms in total. The summed E-state index contributed by atoms with van der Waals surface area (Å²) in [5.74, 6) is -0.0630. The molecule has 0 radical (unpaired) electrons. The average molecular weight is 605 g/mol. The second kappa shape index (κ2) is 11.9. The Labute approximate surface area is 242 Å². The van der Waals surface area contributed by atoms with E-state index in [0.717, 1.165) is 25.0 Å². The van der Waals surface area contributed by atoms with Crippen LogP contribution >= 0.6 is 0 Å². The van der Waals surface area contributed by atoms with E-state index in [1.807, 2.05) is 41.5 Å². The maximum absolute atomic E-state index is 13.3. The summed E-state index contributed by atoms with van der Waals surface area (Å²) in [6.45, 7) is 11.5. The highest BCUT2D eigenvalue weighted by Gasteiger charge is 2.29. The van der Waals surface area contributed by atoms with E-state index in [-0.39, 0.29) is 28.2 Å². The summed E-state index contributed by atoms with van der Waals surface area (Å²) in [4.78, 5) is 12.2. The minimum absolute atomic E-state index is 0.0926. The fourth-order valence-electron chi connectivity index (χ4n) is 4.11. The maximum Gasteiger partial charge on any atom is 0.298 e. The number of ether oxygens (including phenoxy) is 2. The van der Waals surface area contributed by atoms with Gasteiger partial charge in [-0.3, -0.25) is 13.9 Å². The Morgan fingerprint density at radius 3 is 1.68 bits per heavy atom. The molecule has 0 amide bonds. The van der Waals surface area contributed by atoms with E-state index in [4.69, 9.17) is 9.47 Å². The van der Waals surface area contributed by atoms with Crippen molar-refractivity contribution < 1.29 is 40.2 Å². The Morgan fingerprint density at radius 2 is 1.20 bits per heavy atom. The molecule has 0 aliphatic heterocycles. The SMILES string of the molecule is CCC(C)(CC)Oc1ccc(Oc2ccc(C(=O)c3ccc(C(C)(C)CC)c(S(=O)(=O)O)c3)cc2S(=O)(=O)O)cc1. The zero-order chi connectivity index (χ0) is 30.8. The Balaban J connectivity index is 1.98. The molecule has 0 saturated heterocycles. The summed E-state index contributed by atoms with van der Waals surface area (Å²) in [7, 11) is -9.50. The van der Waals surface area contributed by atoms with E-state index in [1.54, 1.807) is 24.3 Å². The third-order valence-electron chi connectivity index (χ3n) is 7.53. The standard InChI is InChI=1S/C30H36O9S2/c1-7-29(4,5)24-16-10-20(18-26(24)40(32,33)34)28(31)21-11-17-25(27(19-21)41(35,36)37)38-22-12-14-23(15-13-22)39-30(6,8-2)9-3/h10-19H,7-9H2,1-6H3,(H,32,33,34)(H,35,36,37). The van der Waals surface area contributed by atoms with Crippen molar-refractivity contribution >= 4 is 26.0 Å². The Hall–Kier alpha value is -3.25. The Kier molecular flexibility index (Phi) is 9.39. The van der Waals surface area contributed by atoms with Crippen molar-refractivity contribution in [3.63, 3.8) is 0 Å². The summed E-state index contributed by atoms with van der Waals surface area (Å²) < 4.78 is 80.3. The summed E-state index contributed by atoms with van der Waals surface area (Å²) in [5.41, 5.74) is -0.843. The normalized spacial score (nSPS) is 12.7. The van der Waals surface area contributed by atoms with Crippen LogP contribution in [0.4, 0.5) is 0 Å². The molecule has 222 valence electrons. The maximum atomic E-state index is 13.3. The second-order valence-corrected chi connectivity index (χ2v) is 13.5. The minimum atomic E-state index is -4.83. The third-order valence-corrected chi connectivity index (χ3v) is 9.30. The van der Waals surface area contributed by atoms with E-state index in [0.29, 0.717) is 17.7 Å². The lowest BCUT2D eigenvalue weighted by atomic mass is 9.81. The molecule has 0 heterocycles. The van der Waals surface area contributed by atoms with Crippen LogP contribution < -0.4 is 9.47 Å². The molecule has 2 N–H and O–H groups in total. The van der Waals surface area contributed by atoms with Gasteiger partial charge in [-0.2, -0.15) is 16.8 Å². The fourth-order valence-corrected chi connectivity index (χ4v) is 5.65. The summed E-state index contributed by atoms with van der Waals surface area (Å²) >= 11 is 0.